The van der Waals surface area contributed by atoms with Gasteiger partial charge in [0.15, 0.2) is 16.1 Å². The van der Waals surface area contributed by atoms with Crippen molar-refractivity contribution in [3.63, 3.8) is 0 Å². The van der Waals surface area contributed by atoms with Gasteiger partial charge in [0.05, 0.1) is 5.75 Å². The van der Waals surface area contributed by atoms with Crippen molar-refractivity contribution >= 4 is 46.6 Å². The Labute approximate surface area is 195 Å². The maximum absolute atomic E-state index is 12.2. The van der Waals surface area contributed by atoms with Crippen molar-refractivity contribution in [2.24, 2.45) is 0 Å². The van der Waals surface area contributed by atoms with E-state index in [0.29, 0.717) is 27.7 Å². The van der Waals surface area contributed by atoms with Crippen molar-refractivity contribution < 1.29 is 4.79 Å². The van der Waals surface area contributed by atoms with E-state index < -0.39 is 0 Å². The first kappa shape index (κ1) is 22.8. The lowest BCUT2D eigenvalue weighted by atomic mass is 10.2. The summed E-state index contributed by atoms with van der Waals surface area (Å²) in [4.78, 5) is 12.2. The van der Waals surface area contributed by atoms with E-state index in [9.17, 15) is 4.79 Å². The zero-order chi connectivity index (χ0) is 22.2. The number of carbonyl (C=O) groups excluding carboxylic acids is 1. The van der Waals surface area contributed by atoms with Gasteiger partial charge in [0.2, 0.25) is 5.91 Å². The summed E-state index contributed by atoms with van der Waals surface area (Å²) in [6, 6.07) is 15.4. The molecule has 1 amide bonds. The third kappa shape index (κ3) is 6.30. The van der Waals surface area contributed by atoms with Crippen LogP contribution in [0.3, 0.4) is 0 Å². The van der Waals surface area contributed by atoms with Gasteiger partial charge in [0.25, 0.3) is 0 Å². The van der Waals surface area contributed by atoms with Gasteiger partial charge in [-0.25, -0.2) is 0 Å². The number of hydrogen-bond acceptors (Lipinski definition) is 5. The molecular formula is C21H21ClN6OS2. The van der Waals surface area contributed by atoms with Crippen LogP contribution in [0.2, 0.25) is 5.02 Å². The molecule has 7 nitrogen and oxygen atoms in total. The number of thiocarbonyl (C=S) groups is 1. The number of aryl methyl sites for hydroxylation is 1. The third-order valence-corrected chi connectivity index (χ3v) is 5.51. The Hall–Kier alpha value is -2.88. The van der Waals surface area contributed by atoms with Crippen LogP contribution in [0.5, 0.6) is 0 Å². The Balaban J connectivity index is 1.78. The molecule has 0 unspecified atom stereocenters. The van der Waals surface area contributed by atoms with E-state index >= 15 is 0 Å². The molecular weight excluding hydrogens is 452 g/mol. The van der Waals surface area contributed by atoms with Crippen molar-refractivity contribution in [2.75, 3.05) is 12.3 Å². The maximum atomic E-state index is 12.2. The van der Waals surface area contributed by atoms with Crippen LogP contribution in [0.4, 0.5) is 0 Å². The molecule has 0 spiro atoms. The zero-order valence-corrected chi connectivity index (χ0v) is 19.2. The fourth-order valence-electron chi connectivity index (χ4n) is 2.58. The molecule has 3 N–H and O–H groups in total. The van der Waals surface area contributed by atoms with Gasteiger partial charge in [-0.15, -0.1) is 16.8 Å². The SMILES string of the molecule is C=CCNC(=S)NNC(=O)CSc1nnc(-c2ccc(Cl)cc2)n1-c1ccc(C)cc1. The summed E-state index contributed by atoms with van der Waals surface area (Å²) in [6.07, 6.45) is 1.67. The molecule has 3 aromatic rings. The summed E-state index contributed by atoms with van der Waals surface area (Å²) in [5.41, 5.74) is 8.11. The van der Waals surface area contributed by atoms with Crippen molar-refractivity contribution in [1.29, 1.82) is 0 Å². The highest BCUT2D eigenvalue weighted by Gasteiger charge is 2.17. The highest BCUT2D eigenvalue weighted by molar-refractivity contribution is 7.99. The lowest BCUT2D eigenvalue weighted by Gasteiger charge is -2.12. The Morgan fingerprint density at radius 1 is 1.16 bits per heavy atom. The summed E-state index contributed by atoms with van der Waals surface area (Å²) in [5.74, 6) is 0.539. The molecule has 31 heavy (non-hydrogen) atoms. The lowest BCUT2D eigenvalue weighted by molar-refractivity contribution is -0.119. The van der Waals surface area contributed by atoms with Gasteiger partial charge in [-0.2, -0.15) is 0 Å². The minimum Gasteiger partial charge on any atom is -0.358 e. The van der Waals surface area contributed by atoms with E-state index in [0.717, 1.165) is 16.8 Å². The molecule has 0 atom stereocenters. The minimum absolute atomic E-state index is 0.127. The highest BCUT2D eigenvalue weighted by Crippen LogP contribution is 2.28. The average Bonchev–Trinajstić information content (AvgIpc) is 3.19. The molecule has 0 radical (unpaired) electrons. The molecule has 0 fully saturated rings. The van der Waals surface area contributed by atoms with Crippen LogP contribution in [-0.4, -0.2) is 38.1 Å². The molecule has 0 aliphatic carbocycles. The van der Waals surface area contributed by atoms with Gasteiger partial charge in [-0.05, 0) is 55.5 Å². The van der Waals surface area contributed by atoms with E-state index in [1.165, 1.54) is 11.8 Å². The number of benzene rings is 2. The molecule has 0 aliphatic rings. The minimum atomic E-state index is -0.251. The number of thioether (sulfide) groups is 1. The second-order valence-electron chi connectivity index (χ2n) is 6.44. The fourth-order valence-corrected chi connectivity index (χ4v) is 3.59. The molecule has 0 saturated heterocycles. The first-order chi connectivity index (χ1) is 15.0. The van der Waals surface area contributed by atoms with Crippen LogP contribution >= 0.6 is 35.6 Å². The average molecular weight is 473 g/mol. The maximum Gasteiger partial charge on any atom is 0.248 e. The number of aromatic nitrogens is 3. The van der Waals surface area contributed by atoms with Crippen molar-refractivity contribution in [1.82, 2.24) is 30.9 Å². The smallest absolute Gasteiger partial charge is 0.248 e. The van der Waals surface area contributed by atoms with Crippen LogP contribution in [0.15, 0.2) is 66.3 Å². The van der Waals surface area contributed by atoms with Gasteiger partial charge in [0, 0.05) is 22.8 Å². The molecule has 10 heteroatoms. The van der Waals surface area contributed by atoms with Crippen LogP contribution in [-0.2, 0) is 4.79 Å². The van der Waals surface area contributed by atoms with E-state index in [1.807, 2.05) is 47.9 Å². The summed E-state index contributed by atoms with van der Waals surface area (Å²) in [5, 5.41) is 13.1. The van der Waals surface area contributed by atoms with E-state index in [2.05, 4.69) is 32.9 Å². The van der Waals surface area contributed by atoms with Crippen molar-refractivity contribution in [3.05, 3.63) is 71.8 Å². The lowest BCUT2D eigenvalue weighted by Crippen LogP contribution is -2.47. The first-order valence-electron chi connectivity index (χ1n) is 9.32. The second-order valence-corrected chi connectivity index (χ2v) is 8.23. The number of nitrogens with one attached hydrogen (secondary N) is 3. The molecule has 0 aliphatic heterocycles. The highest BCUT2D eigenvalue weighted by atomic mass is 35.5. The number of hydrazine groups is 1. The molecule has 0 saturated carbocycles. The number of nitrogens with zero attached hydrogens (tertiary/aromatic N) is 3. The number of carbonyl (C=O) groups is 1. The zero-order valence-electron chi connectivity index (χ0n) is 16.8. The quantitative estimate of drug-likeness (QED) is 0.209. The number of amides is 1. The molecule has 0 bridgehead atoms. The van der Waals surface area contributed by atoms with Gasteiger partial charge >= 0.3 is 0 Å². The van der Waals surface area contributed by atoms with Crippen LogP contribution in [0.1, 0.15) is 5.56 Å². The predicted molar refractivity (Wildman–Crippen MR) is 129 cm³/mol. The largest absolute Gasteiger partial charge is 0.358 e. The second kappa shape index (κ2) is 10.9. The summed E-state index contributed by atoms with van der Waals surface area (Å²) in [6.45, 7) is 6.12. The number of halogens is 1. The summed E-state index contributed by atoms with van der Waals surface area (Å²) >= 11 is 12.4. The fraction of sp³-hybridized carbons (Fsp3) is 0.143. The Morgan fingerprint density at radius 3 is 2.55 bits per heavy atom. The normalized spacial score (nSPS) is 10.4. The molecule has 2 aromatic carbocycles. The molecule has 3 rings (SSSR count). The molecule has 1 heterocycles. The Morgan fingerprint density at radius 2 is 1.87 bits per heavy atom. The van der Waals surface area contributed by atoms with E-state index in [1.54, 1.807) is 18.2 Å². The number of hydrogen-bond donors (Lipinski definition) is 3. The first-order valence-corrected chi connectivity index (χ1v) is 11.1. The standard InChI is InChI=1S/C21H21ClN6OS2/c1-3-12-23-20(30)26-24-18(29)13-31-21-27-25-19(15-6-8-16(22)9-7-15)28(21)17-10-4-14(2)5-11-17/h3-11H,1,12-13H2,2H3,(H,24,29)(H2,23,26,30). The van der Waals surface area contributed by atoms with Gasteiger partial charge < -0.3 is 5.32 Å². The van der Waals surface area contributed by atoms with Crippen LogP contribution in [0.25, 0.3) is 17.1 Å². The van der Waals surface area contributed by atoms with Crippen molar-refractivity contribution in [2.45, 2.75) is 12.1 Å². The topological polar surface area (TPSA) is 83.9 Å². The number of rotatable bonds is 7. The summed E-state index contributed by atoms with van der Waals surface area (Å²) in [7, 11) is 0. The van der Waals surface area contributed by atoms with Gasteiger partial charge in [0.1, 0.15) is 0 Å². The Kier molecular flexibility index (Phi) is 8.05. The van der Waals surface area contributed by atoms with Crippen LogP contribution < -0.4 is 16.2 Å². The summed E-state index contributed by atoms with van der Waals surface area (Å²) < 4.78 is 1.92. The molecule has 1 aromatic heterocycles. The molecule has 160 valence electrons. The van der Waals surface area contributed by atoms with Gasteiger partial charge in [-0.1, -0.05) is 47.1 Å². The van der Waals surface area contributed by atoms with E-state index in [-0.39, 0.29) is 11.7 Å². The van der Waals surface area contributed by atoms with E-state index in [4.69, 9.17) is 23.8 Å². The Bertz CT molecular complexity index is 1070. The third-order valence-electron chi connectivity index (χ3n) is 4.08. The van der Waals surface area contributed by atoms with Gasteiger partial charge in [-0.3, -0.25) is 20.2 Å². The monoisotopic (exact) mass is 472 g/mol. The van der Waals surface area contributed by atoms with Crippen molar-refractivity contribution in [3.8, 4) is 17.1 Å². The van der Waals surface area contributed by atoms with Crippen LogP contribution in [0, 0.1) is 6.92 Å². The predicted octanol–water partition coefficient (Wildman–Crippen LogP) is 3.67.